The molecule has 0 saturated carbocycles. The van der Waals surface area contributed by atoms with Crippen LogP contribution in [-0.4, -0.2) is 80.6 Å². The predicted octanol–water partition coefficient (Wildman–Crippen LogP) is 13.9. The van der Waals surface area contributed by atoms with Gasteiger partial charge in [0.15, 0.2) is 12.1 Å². The van der Waals surface area contributed by atoms with Gasteiger partial charge in [-0.2, -0.15) is 0 Å². The van der Waals surface area contributed by atoms with Crippen LogP contribution in [0.15, 0.2) is 12.2 Å². The molecule has 2 unspecified atom stereocenters. The molecule has 0 aliphatic carbocycles. The van der Waals surface area contributed by atoms with Crippen LogP contribution < -0.4 is 0 Å². The Hall–Kier alpha value is -1.93. The van der Waals surface area contributed by atoms with Gasteiger partial charge in [-0.15, -0.1) is 0 Å². The number of quaternary nitrogens is 1. The summed E-state index contributed by atoms with van der Waals surface area (Å²) in [6.45, 7) is 4.77. The van der Waals surface area contributed by atoms with Gasteiger partial charge in [0.2, 0.25) is 0 Å². The van der Waals surface area contributed by atoms with Crippen LogP contribution >= 0.6 is 0 Å². The minimum absolute atomic E-state index is 0.0452. The topological polar surface area (TPSA) is 99.1 Å². The van der Waals surface area contributed by atoms with Crippen molar-refractivity contribution in [3.05, 3.63) is 12.2 Å². The maximum Gasteiger partial charge on any atom is 0.362 e. The second kappa shape index (κ2) is 41.8. The summed E-state index contributed by atoms with van der Waals surface area (Å²) in [4.78, 5) is 37.1. The van der Waals surface area contributed by atoms with Gasteiger partial charge >= 0.3 is 17.9 Å². The molecule has 2 atom stereocenters. The monoisotopic (exact) mass is 823 g/mol. The lowest BCUT2D eigenvalue weighted by Gasteiger charge is -2.31. The van der Waals surface area contributed by atoms with E-state index in [0.717, 1.165) is 38.5 Å². The van der Waals surface area contributed by atoms with Gasteiger partial charge in [0, 0.05) is 19.3 Å². The molecule has 0 radical (unpaired) electrons. The Kier molecular flexibility index (Phi) is 40.4. The van der Waals surface area contributed by atoms with Gasteiger partial charge in [0.1, 0.15) is 6.61 Å². The Labute approximate surface area is 359 Å². The van der Waals surface area contributed by atoms with Crippen molar-refractivity contribution in [3.63, 3.8) is 0 Å². The minimum Gasteiger partial charge on any atom is -0.477 e. The van der Waals surface area contributed by atoms with E-state index in [-0.39, 0.29) is 36.2 Å². The summed E-state index contributed by atoms with van der Waals surface area (Å²) in [5.74, 6) is -1.45. The largest absolute Gasteiger partial charge is 0.477 e. The van der Waals surface area contributed by atoms with Gasteiger partial charge in [-0.1, -0.05) is 193 Å². The molecule has 0 spiro atoms. The fraction of sp³-hybridized carbons (Fsp3) is 0.900. The lowest BCUT2D eigenvalue weighted by molar-refractivity contribution is -0.887. The third-order valence-electron chi connectivity index (χ3n) is 11.4. The number of likely N-dealkylation sites (N-methyl/N-ethyl adjacent to an activating group) is 1. The second-order valence-corrected chi connectivity index (χ2v) is 18.1. The van der Waals surface area contributed by atoms with Crippen molar-refractivity contribution < 1.29 is 38.2 Å². The van der Waals surface area contributed by atoms with Crippen molar-refractivity contribution in [2.24, 2.45) is 0 Å². The number of aliphatic carboxylic acids is 1. The van der Waals surface area contributed by atoms with E-state index in [1.54, 1.807) is 0 Å². The number of carbonyl (C=O) groups excluding carboxylic acids is 2. The highest BCUT2D eigenvalue weighted by atomic mass is 16.6. The normalized spacial score (nSPS) is 12.9. The van der Waals surface area contributed by atoms with Crippen molar-refractivity contribution in [2.75, 3.05) is 41.0 Å². The molecule has 0 aromatic rings. The molecule has 1 N–H and O–H groups in total. The maximum absolute atomic E-state index is 12.8. The molecular weight excluding hydrogens is 727 g/mol. The molecule has 0 rings (SSSR count). The van der Waals surface area contributed by atoms with E-state index in [1.165, 1.54) is 167 Å². The van der Waals surface area contributed by atoms with E-state index in [4.69, 9.17) is 14.2 Å². The quantitative estimate of drug-likeness (QED) is 0.0283. The van der Waals surface area contributed by atoms with Gasteiger partial charge < -0.3 is 23.8 Å². The number of ether oxygens (including phenoxy) is 3. The number of allylic oxidation sites excluding steroid dienone is 2. The van der Waals surface area contributed by atoms with Crippen LogP contribution in [0, 0.1) is 0 Å². The van der Waals surface area contributed by atoms with Crippen LogP contribution in [0.4, 0.5) is 0 Å². The molecule has 0 fully saturated rings. The number of unbranched alkanes of at least 4 members (excludes halogenated alkanes) is 29. The van der Waals surface area contributed by atoms with Gasteiger partial charge in [-0.25, -0.2) is 4.79 Å². The van der Waals surface area contributed by atoms with Gasteiger partial charge in [-0.3, -0.25) is 9.59 Å². The SMILES string of the molecule is CCCCCCCC/C=C\CCCCCCCCCCCC(=O)OC(COCCC(C(=O)O)[N+](C)(C)C)COC(=O)CCCCCCCCCCCCCCCCC. The number of esters is 2. The molecule has 0 heterocycles. The highest BCUT2D eigenvalue weighted by Crippen LogP contribution is 2.16. The summed E-state index contributed by atoms with van der Waals surface area (Å²) in [7, 11) is 5.54. The van der Waals surface area contributed by atoms with Crippen LogP contribution in [0.25, 0.3) is 0 Å². The lowest BCUT2D eigenvalue weighted by atomic mass is 10.0. The summed E-state index contributed by atoms with van der Waals surface area (Å²) >= 11 is 0. The van der Waals surface area contributed by atoms with E-state index in [9.17, 15) is 19.5 Å². The molecular formula is C50H96NO7+. The number of hydrogen-bond acceptors (Lipinski definition) is 6. The number of carboxylic acid groups (broad SMARTS) is 1. The maximum atomic E-state index is 12.8. The minimum atomic E-state index is -0.871. The van der Waals surface area contributed by atoms with Crippen LogP contribution in [0.2, 0.25) is 0 Å². The molecule has 0 amide bonds. The number of rotatable bonds is 45. The van der Waals surface area contributed by atoms with Crippen molar-refractivity contribution in [1.29, 1.82) is 0 Å². The zero-order chi connectivity index (χ0) is 42.8. The second-order valence-electron chi connectivity index (χ2n) is 18.1. The van der Waals surface area contributed by atoms with Crippen molar-refractivity contribution in [3.8, 4) is 0 Å². The Morgan fingerprint density at radius 1 is 0.500 bits per heavy atom. The summed E-state index contributed by atoms with van der Waals surface area (Å²) in [6.07, 6.45) is 45.4. The lowest BCUT2D eigenvalue weighted by Crippen LogP contribution is -2.50. The molecule has 8 nitrogen and oxygen atoms in total. The fourth-order valence-electron chi connectivity index (χ4n) is 7.56. The third kappa shape index (κ3) is 39.5. The zero-order valence-corrected chi connectivity index (χ0v) is 39.0. The Bertz CT molecular complexity index is 962. The van der Waals surface area contributed by atoms with Crippen molar-refractivity contribution >= 4 is 17.9 Å². The first-order chi connectivity index (χ1) is 28.1. The summed E-state index contributed by atoms with van der Waals surface area (Å²) in [5.41, 5.74) is 0. The van der Waals surface area contributed by atoms with Crippen molar-refractivity contribution in [1.82, 2.24) is 0 Å². The number of carbonyl (C=O) groups is 3. The molecule has 0 aliphatic rings. The Balaban J connectivity index is 4.24. The predicted molar refractivity (Wildman–Crippen MR) is 243 cm³/mol. The first-order valence-corrected chi connectivity index (χ1v) is 24.7. The third-order valence-corrected chi connectivity index (χ3v) is 11.4. The Morgan fingerprint density at radius 2 is 0.862 bits per heavy atom. The highest BCUT2D eigenvalue weighted by molar-refractivity contribution is 5.72. The van der Waals surface area contributed by atoms with E-state index < -0.39 is 18.1 Å². The fourth-order valence-corrected chi connectivity index (χ4v) is 7.56. The molecule has 0 bridgehead atoms. The molecule has 342 valence electrons. The van der Waals surface area contributed by atoms with Crippen LogP contribution in [0.5, 0.6) is 0 Å². The van der Waals surface area contributed by atoms with Gasteiger partial charge in [-0.05, 0) is 38.5 Å². The average molecular weight is 823 g/mol. The smallest absolute Gasteiger partial charge is 0.362 e. The molecule has 0 aromatic carbocycles. The zero-order valence-electron chi connectivity index (χ0n) is 39.0. The van der Waals surface area contributed by atoms with Gasteiger partial charge in [0.25, 0.3) is 0 Å². The van der Waals surface area contributed by atoms with E-state index in [1.807, 2.05) is 21.1 Å². The summed E-state index contributed by atoms with van der Waals surface area (Å²) in [6, 6.07) is -0.611. The highest BCUT2D eigenvalue weighted by Gasteiger charge is 2.31. The van der Waals surface area contributed by atoms with E-state index in [2.05, 4.69) is 26.0 Å². The number of carboxylic acids is 1. The molecule has 0 saturated heterocycles. The molecule has 0 aromatic heterocycles. The van der Waals surface area contributed by atoms with Crippen LogP contribution in [0.3, 0.4) is 0 Å². The molecule has 8 heteroatoms. The summed E-state index contributed by atoms with van der Waals surface area (Å²) in [5, 5.41) is 9.64. The van der Waals surface area contributed by atoms with E-state index >= 15 is 0 Å². The van der Waals surface area contributed by atoms with E-state index in [0.29, 0.717) is 19.3 Å². The average Bonchev–Trinajstić information content (AvgIpc) is 3.18. The first-order valence-electron chi connectivity index (χ1n) is 24.7. The molecule has 58 heavy (non-hydrogen) atoms. The molecule has 0 aliphatic heterocycles. The van der Waals surface area contributed by atoms with Gasteiger partial charge in [0.05, 0.1) is 34.4 Å². The van der Waals surface area contributed by atoms with Crippen LogP contribution in [0.1, 0.15) is 239 Å². The first kappa shape index (κ1) is 56.1. The standard InChI is InChI=1S/C50H95NO7/c1-6-8-10-12-14-16-18-20-22-23-24-25-27-29-31-33-35-37-39-41-49(53)58-46(44-56-43-42-47(50(54)55)51(3,4)5)45-57-48(52)40-38-36-34-32-30-28-26-21-19-17-15-13-11-9-7-2/h20,22,46-47H,6-19,21,23-45H2,1-5H3/p+1/b22-20-. The summed E-state index contributed by atoms with van der Waals surface area (Å²) < 4.78 is 17.3. The number of hydrogen-bond donors (Lipinski definition) is 1. The van der Waals surface area contributed by atoms with Crippen LogP contribution in [-0.2, 0) is 28.6 Å². The number of nitrogens with zero attached hydrogens (tertiary/aromatic N) is 1. The Morgan fingerprint density at radius 3 is 1.24 bits per heavy atom. The van der Waals surface area contributed by atoms with Crippen molar-refractivity contribution in [2.45, 2.75) is 251 Å².